The van der Waals surface area contributed by atoms with Crippen LogP contribution in [0.2, 0.25) is 0 Å². The third kappa shape index (κ3) is 3.04. The lowest BCUT2D eigenvalue weighted by atomic mass is 10.2. The molecule has 4 nitrogen and oxygen atoms in total. The average Bonchev–Trinajstić information content (AvgIpc) is 2.78. The van der Waals surface area contributed by atoms with Crippen LogP contribution in [0.1, 0.15) is 0 Å². The second-order valence-corrected chi connectivity index (χ2v) is 4.94. The number of nitrogens with one attached hydrogen (secondary N) is 1. The quantitative estimate of drug-likeness (QED) is 0.918. The molecule has 17 heavy (non-hydrogen) atoms. The predicted molar refractivity (Wildman–Crippen MR) is 71.3 cm³/mol. The Morgan fingerprint density at radius 3 is 2.76 bits per heavy atom. The van der Waals surface area contributed by atoms with Gasteiger partial charge in [0.05, 0.1) is 12.8 Å². The van der Waals surface area contributed by atoms with E-state index in [1.165, 1.54) is 18.4 Å². The van der Waals surface area contributed by atoms with Crippen LogP contribution in [0.25, 0.3) is 11.3 Å². The van der Waals surface area contributed by atoms with Gasteiger partial charge in [0.15, 0.2) is 5.13 Å². The zero-order valence-electron chi connectivity index (χ0n) is 8.94. The van der Waals surface area contributed by atoms with Crippen molar-refractivity contribution < 1.29 is 9.53 Å². The predicted octanol–water partition coefficient (Wildman–Crippen LogP) is 3.75. The fraction of sp³-hybridized carbons (Fsp3) is 0.0909. The molecule has 88 valence electrons. The number of halogens is 1. The van der Waals surface area contributed by atoms with Crippen LogP contribution in [-0.4, -0.2) is 18.2 Å². The number of hydrogen-bond donors (Lipinski definition) is 1. The number of aromatic nitrogens is 1. The fourth-order valence-corrected chi connectivity index (χ4v) is 2.19. The molecule has 0 unspecified atom stereocenters. The van der Waals surface area contributed by atoms with E-state index in [4.69, 9.17) is 0 Å². The van der Waals surface area contributed by atoms with Crippen molar-refractivity contribution in [2.45, 2.75) is 0 Å². The van der Waals surface area contributed by atoms with Crippen molar-refractivity contribution >= 4 is 38.5 Å². The molecule has 0 saturated heterocycles. The number of rotatable bonds is 2. The summed E-state index contributed by atoms with van der Waals surface area (Å²) in [5.41, 5.74) is 1.83. The van der Waals surface area contributed by atoms with Gasteiger partial charge in [0.2, 0.25) is 0 Å². The standard InChI is InChI=1S/C11H9BrN2O2S/c1-16-11(15)14-10-13-9(6-17-10)7-2-4-8(12)5-3-7/h2-6H,1H3,(H,13,14,15). The minimum Gasteiger partial charge on any atom is -0.453 e. The molecule has 1 amide bonds. The van der Waals surface area contributed by atoms with Crippen molar-refractivity contribution in [3.8, 4) is 11.3 Å². The zero-order chi connectivity index (χ0) is 12.3. The first-order chi connectivity index (χ1) is 8.19. The van der Waals surface area contributed by atoms with E-state index >= 15 is 0 Å². The number of amides is 1. The van der Waals surface area contributed by atoms with Gasteiger partial charge < -0.3 is 4.74 Å². The summed E-state index contributed by atoms with van der Waals surface area (Å²) in [6.45, 7) is 0. The number of nitrogens with zero attached hydrogens (tertiary/aromatic N) is 1. The van der Waals surface area contributed by atoms with Crippen molar-refractivity contribution in [2.75, 3.05) is 12.4 Å². The lowest BCUT2D eigenvalue weighted by Crippen LogP contribution is -2.10. The van der Waals surface area contributed by atoms with Gasteiger partial charge in [-0.25, -0.2) is 9.78 Å². The SMILES string of the molecule is COC(=O)Nc1nc(-c2ccc(Br)cc2)cs1. The summed E-state index contributed by atoms with van der Waals surface area (Å²) in [5, 5.41) is 4.94. The highest BCUT2D eigenvalue weighted by molar-refractivity contribution is 9.10. The Bertz CT molecular complexity index is 525. The maximum absolute atomic E-state index is 11.0. The van der Waals surface area contributed by atoms with E-state index < -0.39 is 6.09 Å². The number of methoxy groups -OCH3 is 1. The molecule has 0 bridgehead atoms. The zero-order valence-corrected chi connectivity index (χ0v) is 11.3. The molecule has 1 heterocycles. The summed E-state index contributed by atoms with van der Waals surface area (Å²) in [4.78, 5) is 15.3. The van der Waals surface area contributed by atoms with Gasteiger partial charge in [-0.05, 0) is 12.1 Å². The summed E-state index contributed by atoms with van der Waals surface area (Å²) >= 11 is 4.73. The summed E-state index contributed by atoms with van der Waals surface area (Å²) in [6, 6.07) is 7.81. The molecule has 0 atom stereocenters. The molecule has 2 aromatic rings. The van der Waals surface area contributed by atoms with Gasteiger partial charge in [-0.2, -0.15) is 0 Å². The van der Waals surface area contributed by atoms with Crippen molar-refractivity contribution in [3.63, 3.8) is 0 Å². The van der Waals surface area contributed by atoms with Crippen LogP contribution in [0.4, 0.5) is 9.93 Å². The fourth-order valence-electron chi connectivity index (χ4n) is 1.22. The lowest BCUT2D eigenvalue weighted by Gasteiger charge is -1.98. The highest BCUT2D eigenvalue weighted by Gasteiger charge is 2.07. The minimum atomic E-state index is -0.512. The van der Waals surface area contributed by atoms with Gasteiger partial charge in [-0.1, -0.05) is 28.1 Å². The smallest absolute Gasteiger partial charge is 0.413 e. The van der Waals surface area contributed by atoms with Gasteiger partial charge >= 0.3 is 6.09 Å². The van der Waals surface area contributed by atoms with Crippen molar-refractivity contribution in [1.82, 2.24) is 4.98 Å². The molecule has 0 saturated carbocycles. The number of ether oxygens (including phenoxy) is 1. The third-order valence-corrected chi connectivity index (χ3v) is 3.32. The van der Waals surface area contributed by atoms with Gasteiger partial charge in [-0.3, -0.25) is 5.32 Å². The summed E-state index contributed by atoms with van der Waals surface area (Å²) in [6.07, 6.45) is -0.512. The number of carbonyl (C=O) groups excluding carboxylic acids is 1. The molecule has 0 aliphatic carbocycles. The lowest BCUT2D eigenvalue weighted by molar-refractivity contribution is 0.187. The van der Waals surface area contributed by atoms with Gasteiger partial charge in [-0.15, -0.1) is 11.3 Å². The van der Waals surface area contributed by atoms with Crippen LogP contribution in [0, 0.1) is 0 Å². The molecule has 1 N–H and O–H groups in total. The van der Waals surface area contributed by atoms with Crippen LogP contribution >= 0.6 is 27.3 Å². The maximum atomic E-state index is 11.0. The highest BCUT2D eigenvalue weighted by Crippen LogP contribution is 2.25. The molecular formula is C11H9BrN2O2S. The summed E-state index contributed by atoms with van der Waals surface area (Å²) < 4.78 is 5.51. The normalized spacial score (nSPS) is 10.0. The van der Waals surface area contributed by atoms with E-state index in [2.05, 4.69) is 31.0 Å². The Morgan fingerprint density at radius 1 is 1.41 bits per heavy atom. The molecule has 0 aliphatic rings. The molecule has 1 aromatic carbocycles. The number of hydrogen-bond acceptors (Lipinski definition) is 4. The number of benzene rings is 1. The van der Waals surface area contributed by atoms with E-state index in [-0.39, 0.29) is 0 Å². The largest absolute Gasteiger partial charge is 0.453 e. The van der Waals surface area contributed by atoms with Gasteiger partial charge in [0.25, 0.3) is 0 Å². The Kier molecular flexibility index (Phi) is 3.75. The minimum absolute atomic E-state index is 0.512. The van der Waals surface area contributed by atoms with Crippen LogP contribution in [0.3, 0.4) is 0 Å². The highest BCUT2D eigenvalue weighted by atomic mass is 79.9. The Balaban J connectivity index is 2.18. The van der Waals surface area contributed by atoms with E-state index in [0.717, 1.165) is 15.7 Å². The van der Waals surface area contributed by atoms with E-state index in [0.29, 0.717) is 5.13 Å². The monoisotopic (exact) mass is 312 g/mol. The van der Waals surface area contributed by atoms with Crippen LogP contribution in [0.5, 0.6) is 0 Å². The molecule has 2 rings (SSSR count). The molecule has 1 aromatic heterocycles. The van der Waals surface area contributed by atoms with Crippen molar-refractivity contribution in [2.24, 2.45) is 0 Å². The number of anilines is 1. The van der Waals surface area contributed by atoms with Crippen molar-refractivity contribution in [1.29, 1.82) is 0 Å². The van der Waals surface area contributed by atoms with E-state index in [1.54, 1.807) is 0 Å². The van der Waals surface area contributed by atoms with E-state index in [9.17, 15) is 4.79 Å². The molecule has 0 spiro atoms. The van der Waals surface area contributed by atoms with Crippen LogP contribution < -0.4 is 5.32 Å². The molecular weight excluding hydrogens is 304 g/mol. The Labute approximate surface area is 111 Å². The first-order valence-electron chi connectivity index (χ1n) is 4.75. The second kappa shape index (κ2) is 5.29. The summed E-state index contributed by atoms with van der Waals surface area (Å²) in [7, 11) is 1.32. The topological polar surface area (TPSA) is 51.2 Å². The van der Waals surface area contributed by atoms with Crippen LogP contribution in [0.15, 0.2) is 34.1 Å². The molecule has 0 radical (unpaired) electrons. The van der Waals surface area contributed by atoms with Crippen LogP contribution in [-0.2, 0) is 4.74 Å². The number of carbonyl (C=O) groups is 1. The first-order valence-corrected chi connectivity index (χ1v) is 6.43. The van der Waals surface area contributed by atoms with E-state index in [1.807, 2.05) is 29.6 Å². The summed E-state index contributed by atoms with van der Waals surface area (Å²) in [5.74, 6) is 0. The second-order valence-electron chi connectivity index (χ2n) is 3.16. The molecule has 0 fully saturated rings. The third-order valence-electron chi connectivity index (χ3n) is 2.04. The van der Waals surface area contributed by atoms with Crippen molar-refractivity contribution in [3.05, 3.63) is 34.1 Å². The first kappa shape index (κ1) is 12.1. The van der Waals surface area contributed by atoms with Gasteiger partial charge in [0, 0.05) is 15.4 Å². The Hall–Kier alpha value is -1.40. The van der Waals surface area contributed by atoms with Gasteiger partial charge in [0.1, 0.15) is 0 Å². The molecule has 6 heteroatoms. The maximum Gasteiger partial charge on any atom is 0.413 e. The number of thiazole rings is 1. The average molecular weight is 313 g/mol. The Morgan fingerprint density at radius 2 is 2.12 bits per heavy atom. The molecule has 0 aliphatic heterocycles.